The lowest BCUT2D eigenvalue weighted by molar-refractivity contribution is -0.105. The molecule has 2 amide bonds. The number of hydrogen-bond acceptors (Lipinski definition) is 5. The lowest BCUT2D eigenvalue weighted by Gasteiger charge is -2.11. The molecule has 0 aliphatic carbocycles. The highest BCUT2D eigenvalue weighted by molar-refractivity contribution is 6.41. The molecule has 148 valence electrons. The molecule has 0 unspecified atom stereocenters. The largest absolute Gasteiger partial charge is 0.364 e. The van der Waals surface area contributed by atoms with Crippen LogP contribution in [0.2, 0.25) is 15.1 Å². The molecule has 3 rings (SSSR count). The van der Waals surface area contributed by atoms with Crippen LogP contribution in [0.25, 0.3) is 0 Å². The Labute approximate surface area is 179 Å². The summed E-state index contributed by atoms with van der Waals surface area (Å²) >= 11 is 18.5. The molecule has 1 heterocycles. The van der Waals surface area contributed by atoms with Crippen LogP contribution in [0.4, 0.5) is 5.82 Å². The second-order valence-electron chi connectivity index (χ2n) is 5.84. The number of anilines is 1. The van der Waals surface area contributed by atoms with E-state index in [0.29, 0.717) is 22.6 Å². The monoisotopic (exact) mass is 451 g/mol. The Balaban J connectivity index is 1.94. The molecule has 11 heteroatoms. The Morgan fingerprint density at radius 1 is 1.10 bits per heavy atom. The van der Waals surface area contributed by atoms with Crippen molar-refractivity contribution in [2.24, 2.45) is 5.73 Å². The molecule has 0 aliphatic rings. The van der Waals surface area contributed by atoms with Crippen LogP contribution in [-0.4, -0.2) is 33.1 Å². The summed E-state index contributed by atoms with van der Waals surface area (Å²) in [5.41, 5.74) is 6.11. The zero-order chi connectivity index (χ0) is 21.1. The smallest absolute Gasteiger partial charge is 0.273 e. The van der Waals surface area contributed by atoms with Gasteiger partial charge in [-0.05, 0) is 42.0 Å². The van der Waals surface area contributed by atoms with Crippen LogP contribution in [0.3, 0.4) is 0 Å². The van der Waals surface area contributed by atoms with Gasteiger partial charge in [0.2, 0.25) is 6.41 Å². The minimum atomic E-state index is -0.847. The molecule has 1 aromatic heterocycles. The van der Waals surface area contributed by atoms with E-state index in [1.807, 2.05) is 0 Å². The third kappa shape index (κ3) is 4.40. The lowest BCUT2D eigenvalue weighted by atomic mass is 10.0. The fourth-order valence-electron chi connectivity index (χ4n) is 2.64. The predicted octanol–water partition coefficient (Wildman–Crippen LogP) is 3.18. The third-order valence-corrected chi connectivity index (χ3v) is 4.78. The quantitative estimate of drug-likeness (QED) is 0.421. The average Bonchev–Trinajstić information content (AvgIpc) is 3.04. The van der Waals surface area contributed by atoms with Crippen LogP contribution < -0.4 is 11.1 Å². The molecule has 0 atom stereocenters. The highest BCUT2D eigenvalue weighted by atomic mass is 35.5. The van der Waals surface area contributed by atoms with Crippen molar-refractivity contribution in [3.63, 3.8) is 0 Å². The fraction of sp³-hybridized carbons (Fsp3) is 0.0556. The van der Waals surface area contributed by atoms with Crippen LogP contribution >= 0.6 is 34.8 Å². The first-order chi connectivity index (χ1) is 13.8. The number of carbonyl (C=O) groups is 3. The number of benzene rings is 2. The van der Waals surface area contributed by atoms with Gasteiger partial charge < -0.3 is 11.1 Å². The van der Waals surface area contributed by atoms with Gasteiger partial charge in [-0.15, -0.1) is 5.10 Å². The first kappa shape index (κ1) is 20.8. The SMILES string of the molecule is NC(=O)c1nnn(Cc2cc(Cl)c(C(=O)c3ccc(Cl)cc3)c(Cl)c2)c1NC=O. The molecule has 0 bridgehead atoms. The standard InChI is InChI=1S/C18H12Cl3N5O3/c19-11-3-1-10(2-4-11)16(28)14-12(20)5-9(6-13(14)21)7-26-18(23-8-27)15(17(22)29)24-25-26/h1-6,8H,7H2,(H2,22,29)(H,23,27). The van der Waals surface area contributed by atoms with E-state index in [1.54, 1.807) is 24.3 Å². The average molecular weight is 453 g/mol. The molecular weight excluding hydrogens is 441 g/mol. The second-order valence-corrected chi connectivity index (χ2v) is 7.09. The molecule has 0 saturated heterocycles. The molecule has 0 spiro atoms. The van der Waals surface area contributed by atoms with Crippen molar-refractivity contribution < 1.29 is 14.4 Å². The van der Waals surface area contributed by atoms with E-state index in [2.05, 4.69) is 15.6 Å². The van der Waals surface area contributed by atoms with Crippen molar-refractivity contribution >= 4 is 58.7 Å². The van der Waals surface area contributed by atoms with E-state index >= 15 is 0 Å². The van der Waals surface area contributed by atoms with Crippen molar-refractivity contribution in [2.75, 3.05) is 5.32 Å². The zero-order valence-corrected chi connectivity index (χ0v) is 16.8. The summed E-state index contributed by atoms with van der Waals surface area (Å²) in [5, 5.41) is 10.6. The Bertz CT molecular complexity index is 1090. The first-order valence-corrected chi connectivity index (χ1v) is 9.17. The van der Waals surface area contributed by atoms with Gasteiger partial charge in [-0.2, -0.15) is 0 Å². The minimum Gasteiger partial charge on any atom is -0.364 e. The fourth-order valence-corrected chi connectivity index (χ4v) is 3.47. The summed E-state index contributed by atoms with van der Waals surface area (Å²) in [6.45, 7) is 0.0608. The normalized spacial score (nSPS) is 10.6. The molecule has 29 heavy (non-hydrogen) atoms. The maximum atomic E-state index is 12.7. The van der Waals surface area contributed by atoms with E-state index in [-0.39, 0.29) is 39.4 Å². The van der Waals surface area contributed by atoms with Crippen molar-refractivity contribution in [3.05, 3.63) is 73.9 Å². The zero-order valence-electron chi connectivity index (χ0n) is 14.5. The summed E-state index contributed by atoms with van der Waals surface area (Å²) in [6, 6.07) is 9.40. The van der Waals surface area contributed by atoms with Crippen molar-refractivity contribution in [3.8, 4) is 0 Å². The van der Waals surface area contributed by atoms with Crippen LogP contribution in [0.15, 0.2) is 36.4 Å². The van der Waals surface area contributed by atoms with Crippen molar-refractivity contribution in [1.82, 2.24) is 15.0 Å². The number of nitrogens with zero attached hydrogens (tertiary/aromatic N) is 3. The predicted molar refractivity (Wildman–Crippen MR) is 109 cm³/mol. The molecule has 8 nitrogen and oxygen atoms in total. The number of primary amides is 1. The summed E-state index contributed by atoms with van der Waals surface area (Å²) in [6.07, 6.45) is 0.371. The van der Waals surface area contributed by atoms with Gasteiger partial charge in [0.25, 0.3) is 5.91 Å². The molecule has 2 aromatic carbocycles. The van der Waals surface area contributed by atoms with Gasteiger partial charge in [0.05, 0.1) is 22.2 Å². The minimum absolute atomic E-state index is 0.0288. The van der Waals surface area contributed by atoms with E-state index in [1.165, 1.54) is 16.8 Å². The Kier molecular flexibility index (Phi) is 6.17. The second kappa shape index (κ2) is 8.60. The number of nitrogens with one attached hydrogen (secondary N) is 1. The van der Waals surface area contributed by atoms with Gasteiger partial charge in [-0.1, -0.05) is 40.0 Å². The van der Waals surface area contributed by atoms with Gasteiger partial charge in [0.1, 0.15) is 0 Å². The molecule has 3 N–H and O–H groups in total. The molecule has 0 fully saturated rings. The molecule has 3 aromatic rings. The number of halogens is 3. The number of amides is 2. The van der Waals surface area contributed by atoms with Crippen molar-refractivity contribution in [1.29, 1.82) is 0 Å². The van der Waals surface area contributed by atoms with Gasteiger partial charge in [-0.25, -0.2) is 4.68 Å². The number of hydrogen-bond donors (Lipinski definition) is 2. The summed E-state index contributed by atoms with van der Waals surface area (Å²) in [7, 11) is 0. The molecule has 0 aliphatic heterocycles. The highest BCUT2D eigenvalue weighted by Gasteiger charge is 2.20. The van der Waals surface area contributed by atoms with E-state index in [9.17, 15) is 14.4 Å². The van der Waals surface area contributed by atoms with E-state index < -0.39 is 5.91 Å². The topological polar surface area (TPSA) is 120 Å². The van der Waals surface area contributed by atoms with Gasteiger partial charge in [0, 0.05) is 10.6 Å². The van der Waals surface area contributed by atoms with Crippen LogP contribution in [0.1, 0.15) is 32.0 Å². The number of carbonyl (C=O) groups excluding carboxylic acids is 3. The first-order valence-electron chi connectivity index (χ1n) is 8.03. The van der Waals surface area contributed by atoms with Gasteiger partial charge >= 0.3 is 0 Å². The van der Waals surface area contributed by atoms with Gasteiger partial charge in [-0.3, -0.25) is 14.4 Å². The number of nitrogens with two attached hydrogens (primary N) is 1. The Morgan fingerprint density at radius 2 is 1.72 bits per heavy atom. The number of aromatic nitrogens is 3. The van der Waals surface area contributed by atoms with Gasteiger partial charge in [0.15, 0.2) is 17.3 Å². The molecule has 0 saturated carbocycles. The lowest BCUT2D eigenvalue weighted by Crippen LogP contribution is -2.16. The highest BCUT2D eigenvalue weighted by Crippen LogP contribution is 2.30. The maximum Gasteiger partial charge on any atom is 0.273 e. The maximum absolute atomic E-state index is 12.7. The number of rotatable bonds is 7. The summed E-state index contributed by atoms with van der Waals surface area (Å²) in [4.78, 5) is 35.0. The third-order valence-electron chi connectivity index (χ3n) is 3.93. The molecule has 0 radical (unpaired) electrons. The van der Waals surface area contributed by atoms with Crippen molar-refractivity contribution in [2.45, 2.75) is 6.54 Å². The van der Waals surface area contributed by atoms with E-state index in [0.717, 1.165) is 0 Å². The Morgan fingerprint density at radius 3 is 2.28 bits per heavy atom. The molecular formula is C18H12Cl3N5O3. The summed E-state index contributed by atoms with van der Waals surface area (Å²) in [5.74, 6) is -1.18. The van der Waals surface area contributed by atoms with Crippen LogP contribution in [-0.2, 0) is 11.3 Å². The Hall–Kier alpha value is -2.94. The van der Waals surface area contributed by atoms with Crippen LogP contribution in [0, 0.1) is 0 Å². The van der Waals surface area contributed by atoms with E-state index in [4.69, 9.17) is 40.5 Å². The summed E-state index contributed by atoms with van der Waals surface area (Å²) < 4.78 is 1.25. The van der Waals surface area contributed by atoms with Crippen LogP contribution in [0.5, 0.6) is 0 Å². The number of ketones is 1.